The number of aromatic nitrogens is 2. The van der Waals surface area contributed by atoms with Crippen LogP contribution in [0, 0.1) is 5.92 Å². The van der Waals surface area contributed by atoms with Gasteiger partial charge in [0.15, 0.2) is 11.6 Å². The monoisotopic (exact) mass is 426 g/mol. The minimum absolute atomic E-state index is 0.712. The van der Waals surface area contributed by atoms with Crippen LogP contribution in [0.15, 0.2) is 36.7 Å². The first-order valence-corrected chi connectivity index (χ1v) is 12.4. The SMILES string of the molecule is CCCCCCCOc1ccc(-c2ncc(OCCCCCCCC(C)C)cn2)cc1. The van der Waals surface area contributed by atoms with Crippen LogP contribution in [0.4, 0.5) is 0 Å². The lowest BCUT2D eigenvalue weighted by Gasteiger charge is -2.08. The van der Waals surface area contributed by atoms with Crippen LogP contribution in [0.25, 0.3) is 11.4 Å². The second kappa shape index (κ2) is 15.7. The van der Waals surface area contributed by atoms with Gasteiger partial charge in [-0.15, -0.1) is 0 Å². The molecule has 1 heterocycles. The molecule has 2 aromatic rings. The Bertz CT molecular complexity index is 683. The normalized spacial score (nSPS) is 11.1. The summed E-state index contributed by atoms with van der Waals surface area (Å²) in [4.78, 5) is 8.92. The fourth-order valence-electron chi connectivity index (χ4n) is 3.51. The summed E-state index contributed by atoms with van der Waals surface area (Å²) in [7, 11) is 0. The number of nitrogens with zero attached hydrogens (tertiary/aromatic N) is 2. The quantitative estimate of drug-likeness (QED) is 0.241. The van der Waals surface area contributed by atoms with Crippen LogP contribution in [0.5, 0.6) is 11.5 Å². The second-order valence-electron chi connectivity index (χ2n) is 8.83. The topological polar surface area (TPSA) is 44.2 Å². The number of benzene rings is 1. The van der Waals surface area contributed by atoms with Crippen molar-refractivity contribution in [1.29, 1.82) is 0 Å². The van der Waals surface area contributed by atoms with Crippen molar-refractivity contribution in [3.63, 3.8) is 0 Å². The molecule has 0 aliphatic rings. The molecule has 0 spiro atoms. The lowest BCUT2D eigenvalue weighted by atomic mass is 10.0. The molecule has 0 aliphatic heterocycles. The molecule has 0 amide bonds. The molecule has 0 aliphatic carbocycles. The zero-order valence-corrected chi connectivity index (χ0v) is 19.9. The molecule has 0 atom stereocenters. The summed E-state index contributed by atoms with van der Waals surface area (Å²) in [6, 6.07) is 8.02. The highest BCUT2D eigenvalue weighted by molar-refractivity contribution is 5.56. The van der Waals surface area contributed by atoms with E-state index in [2.05, 4.69) is 30.7 Å². The molecule has 4 heteroatoms. The highest BCUT2D eigenvalue weighted by Gasteiger charge is 2.03. The van der Waals surface area contributed by atoms with Crippen LogP contribution in [0.3, 0.4) is 0 Å². The molecule has 172 valence electrons. The number of hydrogen-bond donors (Lipinski definition) is 0. The van der Waals surface area contributed by atoms with E-state index in [1.165, 1.54) is 57.8 Å². The fourth-order valence-corrected chi connectivity index (χ4v) is 3.51. The minimum atomic E-state index is 0.712. The van der Waals surface area contributed by atoms with E-state index in [1.807, 2.05) is 24.3 Å². The molecule has 31 heavy (non-hydrogen) atoms. The van der Waals surface area contributed by atoms with Gasteiger partial charge in [-0.05, 0) is 43.0 Å². The molecule has 4 nitrogen and oxygen atoms in total. The molecule has 0 fully saturated rings. The number of ether oxygens (including phenoxy) is 2. The summed E-state index contributed by atoms with van der Waals surface area (Å²) in [6.07, 6.45) is 17.4. The molecule has 0 saturated carbocycles. The highest BCUT2D eigenvalue weighted by Crippen LogP contribution is 2.21. The van der Waals surface area contributed by atoms with Gasteiger partial charge in [0.1, 0.15) is 5.75 Å². The van der Waals surface area contributed by atoms with E-state index in [1.54, 1.807) is 12.4 Å². The Labute approximate surface area is 189 Å². The Kier molecular flexibility index (Phi) is 12.7. The molecular formula is C27H42N2O2. The van der Waals surface area contributed by atoms with Crippen molar-refractivity contribution in [1.82, 2.24) is 9.97 Å². The third kappa shape index (κ3) is 11.2. The summed E-state index contributed by atoms with van der Waals surface area (Å²) < 4.78 is 11.6. The van der Waals surface area contributed by atoms with Gasteiger partial charge in [-0.1, -0.05) is 78.6 Å². The predicted molar refractivity (Wildman–Crippen MR) is 130 cm³/mol. The summed E-state index contributed by atoms with van der Waals surface area (Å²) in [5, 5.41) is 0. The van der Waals surface area contributed by atoms with Crippen molar-refractivity contribution in [2.45, 2.75) is 91.4 Å². The highest BCUT2D eigenvalue weighted by atomic mass is 16.5. The molecule has 1 aromatic carbocycles. The molecule has 0 bridgehead atoms. The summed E-state index contributed by atoms with van der Waals surface area (Å²) >= 11 is 0. The van der Waals surface area contributed by atoms with Crippen molar-refractivity contribution in [3.8, 4) is 22.9 Å². The summed E-state index contributed by atoms with van der Waals surface area (Å²) in [5.41, 5.74) is 0.989. The van der Waals surface area contributed by atoms with Crippen molar-refractivity contribution < 1.29 is 9.47 Å². The molecular weight excluding hydrogens is 384 g/mol. The zero-order valence-electron chi connectivity index (χ0n) is 19.9. The average Bonchev–Trinajstić information content (AvgIpc) is 2.78. The van der Waals surface area contributed by atoms with E-state index < -0.39 is 0 Å². The maximum absolute atomic E-state index is 5.83. The zero-order chi connectivity index (χ0) is 22.2. The van der Waals surface area contributed by atoms with E-state index in [9.17, 15) is 0 Å². The van der Waals surface area contributed by atoms with Crippen LogP contribution >= 0.6 is 0 Å². The van der Waals surface area contributed by atoms with Gasteiger partial charge in [-0.2, -0.15) is 0 Å². The van der Waals surface area contributed by atoms with Crippen LogP contribution in [-0.4, -0.2) is 23.2 Å². The molecule has 1 aromatic heterocycles. The molecule has 0 radical (unpaired) electrons. The maximum Gasteiger partial charge on any atom is 0.159 e. The van der Waals surface area contributed by atoms with Crippen molar-refractivity contribution in [3.05, 3.63) is 36.7 Å². The van der Waals surface area contributed by atoms with Crippen LogP contribution in [0.1, 0.15) is 91.4 Å². The Balaban J connectivity index is 1.63. The summed E-state index contributed by atoms with van der Waals surface area (Å²) in [5.74, 6) is 3.18. The van der Waals surface area contributed by atoms with Gasteiger partial charge in [0.05, 0.1) is 25.6 Å². The van der Waals surface area contributed by atoms with E-state index in [0.29, 0.717) is 5.82 Å². The largest absolute Gasteiger partial charge is 0.494 e. The Morgan fingerprint density at radius 1 is 0.677 bits per heavy atom. The van der Waals surface area contributed by atoms with Gasteiger partial charge in [0.25, 0.3) is 0 Å². The van der Waals surface area contributed by atoms with E-state index in [4.69, 9.17) is 9.47 Å². The fraction of sp³-hybridized carbons (Fsp3) is 0.630. The van der Waals surface area contributed by atoms with Crippen molar-refractivity contribution >= 4 is 0 Å². The van der Waals surface area contributed by atoms with Gasteiger partial charge in [-0.3, -0.25) is 0 Å². The molecule has 0 N–H and O–H groups in total. The van der Waals surface area contributed by atoms with Gasteiger partial charge < -0.3 is 9.47 Å². The van der Waals surface area contributed by atoms with Gasteiger partial charge >= 0.3 is 0 Å². The van der Waals surface area contributed by atoms with Crippen LogP contribution in [-0.2, 0) is 0 Å². The van der Waals surface area contributed by atoms with Gasteiger partial charge in [-0.25, -0.2) is 9.97 Å². The maximum atomic E-state index is 5.83. The predicted octanol–water partition coefficient (Wildman–Crippen LogP) is 7.87. The average molecular weight is 427 g/mol. The first-order chi connectivity index (χ1) is 15.2. The molecule has 2 rings (SSSR count). The van der Waals surface area contributed by atoms with Crippen LogP contribution in [0.2, 0.25) is 0 Å². The lowest BCUT2D eigenvalue weighted by Crippen LogP contribution is -1.99. The number of rotatable bonds is 17. The van der Waals surface area contributed by atoms with Crippen LogP contribution < -0.4 is 9.47 Å². The van der Waals surface area contributed by atoms with Gasteiger partial charge in [0, 0.05) is 5.56 Å². The third-order valence-corrected chi connectivity index (χ3v) is 5.45. The Morgan fingerprint density at radius 3 is 1.84 bits per heavy atom. The van der Waals surface area contributed by atoms with Gasteiger partial charge in [0.2, 0.25) is 0 Å². The summed E-state index contributed by atoms with van der Waals surface area (Å²) in [6.45, 7) is 8.34. The molecule has 0 unspecified atom stereocenters. The van der Waals surface area contributed by atoms with Crippen molar-refractivity contribution in [2.24, 2.45) is 5.92 Å². The first kappa shape index (κ1) is 25.2. The van der Waals surface area contributed by atoms with E-state index in [0.717, 1.165) is 49.0 Å². The standard InChI is InChI=1S/C27H42N2O2/c1-4-5-6-9-12-19-30-25-17-15-24(16-18-25)27-28-21-26(22-29-27)31-20-13-10-7-8-11-14-23(2)3/h15-18,21-23H,4-14,19-20H2,1-3H3. The first-order valence-electron chi connectivity index (χ1n) is 12.4. The Morgan fingerprint density at radius 2 is 1.23 bits per heavy atom. The lowest BCUT2D eigenvalue weighted by molar-refractivity contribution is 0.301. The molecule has 0 saturated heterocycles. The second-order valence-corrected chi connectivity index (χ2v) is 8.83. The third-order valence-electron chi connectivity index (χ3n) is 5.45. The van der Waals surface area contributed by atoms with Crippen molar-refractivity contribution in [2.75, 3.05) is 13.2 Å². The van der Waals surface area contributed by atoms with E-state index >= 15 is 0 Å². The Hall–Kier alpha value is -2.10. The number of hydrogen-bond acceptors (Lipinski definition) is 4. The number of unbranched alkanes of at least 4 members (excludes halogenated alkanes) is 8. The minimum Gasteiger partial charge on any atom is -0.494 e. The smallest absolute Gasteiger partial charge is 0.159 e. The van der Waals surface area contributed by atoms with E-state index in [-0.39, 0.29) is 0 Å².